The third kappa shape index (κ3) is 5.79. The summed E-state index contributed by atoms with van der Waals surface area (Å²) < 4.78 is 4.78. The molecule has 0 spiro atoms. The number of carbonyl (C=O) groups is 3. The maximum absolute atomic E-state index is 11.7. The molecule has 1 N–H and O–H groups in total. The van der Waals surface area contributed by atoms with Gasteiger partial charge < -0.3 is 9.84 Å². The van der Waals surface area contributed by atoms with E-state index in [4.69, 9.17) is 9.84 Å². The fourth-order valence-electron chi connectivity index (χ4n) is 1.43. The number of Topliss-reactive ketones (excluding diaryl/α,β-unsaturated/α-hetero) is 1. The van der Waals surface area contributed by atoms with Gasteiger partial charge in [0.2, 0.25) is 0 Å². The number of carboxylic acid groups (broad SMARTS) is 1. The average molecular weight is 296 g/mol. The van der Waals surface area contributed by atoms with Crippen molar-refractivity contribution < 1.29 is 24.2 Å². The maximum Gasteiger partial charge on any atom is 0.309 e. The van der Waals surface area contributed by atoms with Crippen molar-refractivity contribution in [1.82, 2.24) is 0 Å². The lowest BCUT2D eigenvalue weighted by Gasteiger charge is -1.96. The predicted octanol–water partition coefficient (Wildman–Crippen LogP) is 2.76. The normalized spacial score (nSPS) is 10.7. The second-order valence-electron chi connectivity index (χ2n) is 3.93. The van der Waals surface area contributed by atoms with Gasteiger partial charge in [0.15, 0.2) is 5.78 Å². The predicted molar refractivity (Wildman–Crippen MR) is 75.8 cm³/mol. The number of esters is 1. The minimum Gasteiger partial charge on any atom is -0.481 e. The van der Waals surface area contributed by atoms with Gasteiger partial charge in [-0.15, -0.1) is 11.3 Å². The van der Waals surface area contributed by atoms with E-state index in [-0.39, 0.29) is 31.0 Å². The molecule has 0 radical (unpaired) electrons. The van der Waals surface area contributed by atoms with Crippen molar-refractivity contribution in [1.29, 1.82) is 0 Å². The first-order valence-electron chi connectivity index (χ1n) is 6.20. The minimum atomic E-state index is -0.982. The van der Waals surface area contributed by atoms with Crippen LogP contribution >= 0.6 is 11.3 Å². The van der Waals surface area contributed by atoms with Crippen LogP contribution in [-0.2, 0) is 14.3 Å². The fourth-order valence-corrected chi connectivity index (χ4v) is 2.33. The van der Waals surface area contributed by atoms with E-state index < -0.39 is 5.97 Å². The van der Waals surface area contributed by atoms with Gasteiger partial charge in [-0.3, -0.25) is 14.4 Å². The highest BCUT2D eigenvalue weighted by atomic mass is 32.1. The Morgan fingerprint density at radius 1 is 1.30 bits per heavy atom. The van der Waals surface area contributed by atoms with Crippen LogP contribution in [0.1, 0.15) is 40.7 Å². The summed E-state index contributed by atoms with van der Waals surface area (Å²) in [5.41, 5.74) is 0. The van der Waals surface area contributed by atoms with E-state index in [1.54, 1.807) is 31.2 Å². The lowest BCUT2D eigenvalue weighted by Crippen LogP contribution is -2.01. The third-order valence-electron chi connectivity index (χ3n) is 2.34. The van der Waals surface area contributed by atoms with Gasteiger partial charge in [0.05, 0.1) is 24.3 Å². The highest BCUT2D eigenvalue weighted by Crippen LogP contribution is 2.20. The van der Waals surface area contributed by atoms with E-state index >= 15 is 0 Å². The molecule has 0 fully saturated rings. The number of carbonyl (C=O) groups excluding carboxylic acids is 2. The van der Waals surface area contributed by atoms with Crippen molar-refractivity contribution in [3.05, 3.63) is 28.0 Å². The largest absolute Gasteiger partial charge is 0.481 e. The minimum absolute atomic E-state index is 0.00181. The van der Waals surface area contributed by atoms with Gasteiger partial charge in [0.25, 0.3) is 0 Å². The molecule has 0 aliphatic rings. The van der Waals surface area contributed by atoms with Gasteiger partial charge in [-0.1, -0.05) is 6.08 Å². The lowest BCUT2D eigenvalue weighted by molar-refractivity contribution is -0.142. The summed E-state index contributed by atoms with van der Waals surface area (Å²) in [7, 11) is 0. The van der Waals surface area contributed by atoms with Gasteiger partial charge in [-0.25, -0.2) is 0 Å². The maximum atomic E-state index is 11.7. The molecule has 0 unspecified atom stereocenters. The van der Waals surface area contributed by atoms with Crippen LogP contribution in [0.5, 0.6) is 0 Å². The van der Waals surface area contributed by atoms with Crippen molar-refractivity contribution >= 4 is 35.1 Å². The van der Waals surface area contributed by atoms with E-state index in [0.29, 0.717) is 11.5 Å². The Morgan fingerprint density at radius 2 is 2.05 bits per heavy atom. The second kappa shape index (κ2) is 8.27. The van der Waals surface area contributed by atoms with E-state index in [2.05, 4.69) is 0 Å². The summed E-state index contributed by atoms with van der Waals surface area (Å²) in [6.45, 7) is 2.10. The Bertz CT molecular complexity index is 515. The summed E-state index contributed by atoms with van der Waals surface area (Å²) in [4.78, 5) is 34.6. The second-order valence-corrected chi connectivity index (χ2v) is 5.05. The monoisotopic (exact) mass is 296 g/mol. The molecule has 1 aromatic heterocycles. The summed E-state index contributed by atoms with van der Waals surface area (Å²) in [5.74, 6) is -1.45. The van der Waals surface area contributed by atoms with Crippen molar-refractivity contribution in [2.75, 3.05) is 6.61 Å². The van der Waals surface area contributed by atoms with Gasteiger partial charge in [-0.2, -0.15) is 0 Å². The van der Waals surface area contributed by atoms with Crippen LogP contribution in [0.15, 0.2) is 18.2 Å². The zero-order valence-electron chi connectivity index (χ0n) is 11.1. The van der Waals surface area contributed by atoms with Crippen LogP contribution in [-0.4, -0.2) is 29.4 Å². The van der Waals surface area contributed by atoms with Gasteiger partial charge in [0, 0.05) is 11.3 Å². The molecule has 1 rings (SSSR count). The molecule has 0 amide bonds. The molecule has 1 heterocycles. The fraction of sp³-hybridized carbons (Fsp3) is 0.357. The Balaban J connectivity index is 2.50. The summed E-state index contributed by atoms with van der Waals surface area (Å²) >= 11 is 1.28. The van der Waals surface area contributed by atoms with Gasteiger partial charge in [-0.05, 0) is 25.1 Å². The number of ether oxygens (including phenoxy) is 1. The molecule has 0 saturated carbocycles. The molecule has 0 aliphatic heterocycles. The number of aliphatic carboxylic acids is 1. The first kappa shape index (κ1) is 16.1. The Morgan fingerprint density at radius 3 is 2.70 bits per heavy atom. The number of rotatable bonds is 8. The molecule has 0 atom stereocenters. The van der Waals surface area contributed by atoms with Crippen molar-refractivity contribution in [2.45, 2.75) is 26.2 Å². The molecule has 1 aromatic rings. The molecule has 0 saturated heterocycles. The zero-order chi connectivity index (χ0) is 15.0. The molecular weight excluding hydrogens is 280 g/mol. The zero-order valence-corrected chi connectivity index (χ0v) is 11.9. The number of ketones is 1. The molecule has 0 bridgehead atoms. The van der Waals surface area contributed by atoms with Gasteiger partial charge >= 0.3 is 11.9 Å². The number of hydrogen-bond acceptors (Lipinski definition) is 5. The van der Waals surface area contributed by atoms with Crippen molar-refractivity contribution in [3.8, 4) is 0 Å². The summed E-state index contributed by atoms with van der Waals surface area (Å²) in [6.07, 6.45) is 3.45. The number of hydrogen-bond donors (Lipinski definition) is 1. The van der Waals surface area contributed by atoms with E-state index in [0.717, 1.165) is 4.88 Å². The van der Waals surface area contributed by atoms with E-state index in [1.807, 2.05) is 0 Å². The average Bonchev–Trinajstić information content (AvgIpc) is 2.85. The first-order chi connectivity index (χ1) is 9.52. The van der Waals surface area contributed by atoms with Crippen LogP contribution in [0.3, 0.4) is 0 Å². The lowest BCUT2D eigenvalue weighted by atomic mass is 10.2. The Kier molecular flexibility index (Phi) is 6.66. The summed E-state index contributed by atoms with van der Waals surface area (Å²) in [5, 5.41) is 8.52. The summed E-state index contributed by atoms with van der Waals surface area (Å²) in [6, 6.07) is 3.43. The van der Waals surface area contributed by atoms with E-state index in [1.165, 1.54) is 11.3 Å². The van der Waals surface area contributed by atoms with Gasteiger partial charge in [0.1, 0.15) is 0 Å². The van der Waals surface area contributed by atoms with Crippen molar-refractivity contribution in [2.24, 2.45) is 0 Å². The quantitative estimate of drug-likeness (QED) is 0.589. The Hall–Kier alpha value is -1.95. The van der Waals surface area contributed by atoms with Crippen LogP contribution in [0.4, 0.5) is 0 Å². The molecular formula is C14H16O5S. The van der Waals surface area contributed by atoms with Crippen LogP contribution in [0, 0.1) is 0 Å². The molecule has 6 heteroatoms. The van der Waals surface area contributed by atoms with Crippen LogP contribution in [0.25, 0.3) is 6.08 Å². The van der Waals surface area contributed by atoms with Crippen molar-refractivity contribution in [3.63, 3.8) is 0 Å². The first-order valence-corrected chi connectivity index (χ1v) is 7.01. The molecule has 20 heavy (non-hydrogen) atoms. The highest BCUT2D eigenvalue weighted by Gasteiger charge is 2.10. The Labute approximate surface area is 120 Å². The van der Waals surface area contributed by atoms with Crippen LogP contribution < -0.4 is 0 Å². The topological polar surface area (TPSA) is 80.7 Å². The SMILES string of the molecule is CCOC(=O)CC=Cc1ccc(C(=O)CCC(=O)O)s1. The van der Waals surface area contributed by atoms with Crippen LogP contribution in [0.2, 0.25) is 0 Å². The molecule has 0 aromatic carbocycles. The molecule has 5 nitrogen and oxygen atoms in total. The van der Waals surface area contributed by atoms with E-state index in [9.17, 15) is 14.4 Å². The molecule has 0 aliphatic carbocycles. The standard InChI is InChI=1S/C14H16O5S/c1-2-19-14(18)5-3-4-10-6-8-12(20-10)11(15)7-9-13(16)17/h3-4,6,8H,2,5,7,9H2,1H3,(H,16,17). The molecule has 108 valence electrons. The number of thiophene rings is 1. The number of carboxylic acids is 1. The smallest absolute Gasteiger partial charge is 0.309 e. The third-order valence-corrected chi connectivity index (χ3v) is 3.43. The highest BCUT2D eigenvalue weighted by molar-refractivity contribution is 7.14.